The van der Waals surface area contributed by atoms with Crippen molar-refractivity contribution in [1.82, 2.24) is 4.98 Å². The minimum absolute atomic E-state index is 0.587. The molecule has 1 rings (SSSR count). The Morgan fingerprint density at radius 2 is 2.46 bits per heavy atom. The minimum atomic E-state index is 0.587. The molecule has 0 amide bonds. The van der Waals surface area contributed by atoms with E-state index in [-0.39, 0.29) is 0 Å². The minimum Gasteiger partial charge on any atom is -0.384 e. The van der Waals surface area contributed by atoms with E-state index in [9.17, 15) is 0 Å². The highest BCUT2D eigenvalue weighted by Gasteiger charge is 1.97. The lowest BCUT2D eigenvalue weighted by Gasteiger charge is -2.09. The zero-order valence-electron chi connectivity index (χ0n) is 8.03. The van der Waals surface area contributed by atoms with Crippen molar-refractivity contribution in [1.29, 1.82) is 0 Å². The molecular weight excluding hydrogens is 162 g/mol. The summed E-state index contributed by atoms with van der Waals surface area (Å²) in [6.45, 7) is 3.88. The molecule has 0 aliphatic heterocycles. The number of anilines is 1. The first-order valence-corrected chi connectivity index (χ1v) is 4.67. The Bertz CT molecular complexity index is 223. The van der Waals surface area contributed by atoms with Gasteiger partial charge in [-0.05, 0) is 31.0 Å². The molecule has 0 aliphatic rings. The molecule has 0 bridgehead atoms. The smallest absolute Gasteiger partial charge is 0.0526 e. The number of aromatic nitrogens is 1. The van der Waals surface area contributed by atoms with Crippen LogP contribution in [0.2, 0.25) is 0 Å². The highest BCUT2D eigenvalue weighted by atomic mass is 14.9. The molecule has 0 fully saturated rings. The van der Waals surface area contributed by atoms with Crippen molar-refractivity contribution in [2.24, 2.45) is 11.7 Å². The molecule has 72 valence electrons. The Morgan fingerprint density at radius 3 is 3.08 bits per heavy atom. The number of hydrogen-bond donors (Lipinski definition) is 2. The Hall–Kier alpha value is -1.09. The number of nitrogens with zero attached hydrogens (tertiary/aromatic N) is 1. The number of rotatable bonds is 5. The lowest BCUT2D eigenvalue weighted by atomic mass is 10.1. The number of hydrogen-bond acceptors (Lipinski definition) is 3. The summed E-state index contributed by atoms with van der Waals surface area (Å²) in [4.78, 5) is 4.02. The third kappa shape index (κ3) is 3.90. The van der Waals surface area contributed by atoms with E-state index >= 15 is 0 Å². The predicted molar refractivity (Wildman–Crippen MR) is 55.6 cm³/mol. The van der Waals surface area contributed by atoms with Crippen LogP contribution < -0.4 is 11.1 Å². The van der Waals surface area contributed by atoms with Gasteiger partial charge in [0.25, 0.3) is 0 Å². The van der Waals surface area contributed by atoms with E-state index in [4.69, 9.17) is 5.73 Å². The summed E-state index contributed by atoms with van der Waals surface area (Å²) < 4.78 is 0. The van der Waals surface area contributed by atoms with E-state index in [2.05, 4.69) is 17.2 Å². The van der Waals surface area contributed by atoms with Crippen molar-refractivity contribution in [3.63, 3.8) is 0 Å². The molecular formula is C10H17N3. The first kappa shape index (κ1) is 9.99. The zero-order valence-corrected chi connectivity index (χ0v) is 8.03. The molecule has 13 heavy (non-hydrogen) atoms. The van der Waals surface area contributed by atoms with Gasteiger partial charge in [-0.3, -0.25) is 4.98 Å². The first-order valence-electron chi connectivity index (χ1n) is 4.67. The fraction of sp³-hybridized carbons (Fsp3) is 0.500. The van der Waals surface area contributed by atoms with Gasteiger partial charge < -0.3 is 11.1 Å². The third-order valence-corrected chi connectivity index (χ3v) is 2.03. The first-order chi connectivity index (χ1) is 6.33. The molecule has 3 heteroatoms. The molecule has 1 heterocycles. The van der Waals surface area contributed by atoms with Gasteiger partial charge in [0, 0.05) is 18.9 Å². The summed E-state index contributed by atoms with van der Waals surface area (Å²) in [7, 11) is 0. The fourth-order valence-electron chi connectivity index (χ4n) is 1.05. The standard InChI is InChI=1S/C10H17N3/c1-9(7-11)4-6-13-10-3-2-5-12-8-10/h2-3,5,8-9,13H,4,6-7,11H2,1H3. The monoisotopic (exact) mass is 179 g/mol. The zero-order chi connectivity index (χ0) is 9.52. The fourth-order valence-corrected chi connectivity index (χ4v) is 1.05. The molecule has 1 aromatic rings. The Balaban J connectivity index is 2.20. The quantitative estimate of drug-likeness (QED) is 0.719. The highest BCUT2D eigenvalue weighted by Crippen LogP contribution is 2.04. The van der Waals surface area contributed by atoms with Crippen molar-refractivity contribution in [2.45, 2.75) is 13.3 Å². The molecule has 0 saturated heterocycles. The van der Waals surface area contributed by atoms with Gasteiger partial charge in [0.1, 0.15) is 0 Å². The van der Waals surface area contributed by atoms with Gasteiger partial charge in [-0.1, -0.05) is 6.92 Å². The molecule has 3 N–H and O–H groups in total. The van der Waals surface area contributed by atoms with Crippen molar-refractivity contribution in [3.8, 4) is 0 Å². The van der Waals surface area contributed by atoms with Crippen LogP contribution in [0.25, 0.3) is 0 Å². The highest BCUT2D eigenvalue weighted by molar-refractivity contribution is 5.39. The molecule has 1 atom stereocenters. The average Bonchev–Trinajstić information content (AvgIpc) is 2.19. The molecule has 3 nitrogen and oxygen atoms in total. The number of pyridine rings is 1. The van der Waals surface area contributed by atoms with Crippen molar-refractivity contribution in [2.75, 3.05) is 18.4 Å². The van der Waals surface area contributed by atoms with Crippen molar-refractivity contribution in [3.05, 3.63) is 24.5 Å². The van der Waals surface area contributed by atoms with E-state index in [0.29, 0.717) is 5.92 Å². The van der Waals surface area contributed by atoms with Crippen molar-refractivity contribution >= 4 is 5.69 Å². The molecule has 0 spiro atoms. The molecule has 0 aromatic carbocycles. The van der Waals surface area contributed by atoms with Crippen LogP contribution in [0.5, 0.6) is 0 Å². The lowest BCUT2D eigenvalue weighted by molar-refractivity contribution is 0.561. The lowest BCUT2D eigenvalue weighted by Crippen LogP contribution is -2.14. The van der Waals surface area contributed by atoms with Crippen LogP contribution in [0.4, 0.5) is 5.69 Å². The van der Waals surface area contributed by atoms with Crippen molar-refractivity contribution < 1.29 is 0 Å². The van der Waals surface area contributed by atoms with Gasteiger partial charge in [0.05, 0.1) is 5.69 Å². The van der Waals surface area contributed by atoms with E-state index in [1.165, 1.54) is 0 Å². The van der Waals surface area contributed by atoms with E-state index < -0.39 is 0 Å². The van der Waals surface area contributed by atoms with Gasteiger partial charge in [-0.2, -0.15) is 0 Å². The van der Waals surface area contributed by atoms with E-state index in [1.54, 1.807) is 6.20 Å². The van der Waals surface area contributed by atoms with Crippen LogP contribution in [-0.2, 0) is 0 Å². The molecule has 0 aliphatic carbocycles. The molecule has 1 aromatic heterocycles. The van der Waals surface area contributed by atoms with Gasteiger partial charge in [-0.25, -0.2) is 0 Å². The number of nitrogens with one attached hydrogen (secondary N) is 1. The summed E-state index contributed by atoms with van der Waals surface area (Å²) in [6.07, 6.45) is 4.70. The van der Waals surface area contributed by atoms with Gasteiger partial charge >= 0.3 is 0 Å². The normalized spacial score (nSPS) is 12.5. The Kier molecular flexibility index (Phi) is 4.26. The second kappa shape index (κ2) is 5.54. The maximum Gasteiger partial charge on any atom is 0.0526 e. The molecule has 1 unspecified atom stereocenters. The van der Waals surface area contributed by atoms with Gasteiger partial charge in [0.2, 0.25) is 0 Å². The average molecular weight is 179 g/mol. The number of nitrogens with two attached hydrogens (primary N) is 1. The maximum absolute atomic E-state index is 5.51. The summed E-state index contributed by atoms with van der Waals surface area (Å²) in [6, 6.07) is 3.94. The molecule has 0 saturated carbocycles. The van der Waals surface area contributed by atoms with Crippen LogP contribution in [0.1, 0.15) is 13.3 Å². The van der Waals surface area contributed by atoms with Crippen LogP contribution >= 0.6 is 0 Å². The molecule has 0 radical (unpaired) electrons. The van der Waals surface area contributed by atoms with Crippen LogP contribution in [-0.4, -0.2) is 18.1 Å². The van der Waals surface area contributed by atoms with Gasteiger partial charge in [0.15, 0.2) is 0 Å². The van der Waals surface area contributed by atoms with Crippen LogP contribution in [0, 0.1) is 5.92 Å². The second-order valence-corrected chi connectivity index (χ2v) is 3.30. The van der Waals surface area contributed by atoms with E-state index in [1.807, 2.05) is 18.3 Å². The Labute approximate surface area is 79.4 Å². The topological polar surface area (TPSA) is 50.9 Å². The van der Waals surface area contributed by atoms with E-state index in [0.717, 1.165) is 25.2 Å². The summed E-state index contributed by atoms with van der Waals surface area (Å²) in [5.74, 6) is 0.587. The third-order valence-electron chi connectivity index (χ3n) is 2.03. The predicted octanol–water partition coefficient (Wildman–Crippen LogP) is 1.48. The van der Waals surface area contributed by atoms with Crippen LogP contribution in [0.15, 0.2) is 24.5 Å². The summed E-state index contributed by atoms with van der Waals surface area (Å²) in [5, 5.41) is 3.29. The SMILES string of the molecule is CC(CN)CCNc1cccnc1. The summed E-state index contributed by atoms with van der Waals surface area (Å²) >= 11 is 0. The maximum atomic E-state index is 5.51. The van der Waals surface area contributed by atoms with Gasteiger partial charge in [-0.15, -0.1) is 0 Å². The largest absolute Gasteiger partial charge is 0.384 e. The second-order valence-electron chi connectivity index (χ2n) is 3.30. The summed E-state index contributed by atoms with van der Waals surface area (Å²) in [5.41, 5.74) is 6.59. The Morgan fingerprint density at radius 1 is 1.62 bits per heavy atom. The van der Waals surface area contributed by atoms with Crippen LogP contribution in [0.3, 0.4) is 0 Å².